The molecule has 200 valence electrons. The zero-order chi connectivity index (χ0) is 26.9. The molecule has 0 spiro atoms. The molecule has 1 N–H and O–H groups in total. The van der Waals surface area contributed by atoms with E-state index in [4.69, 9.17) is 9.47 Å². The zero-order valence-electron chi connectivity index (χ0n) is 22.1. The Bertz CT molecular complexity index is 1500. The molecule has 0 radical (unpaired) electrons. The third-order valence-electron chi connectivity index (χ3n) is 7.50. The molecule has 0 fully saturated rings. The first-order chi connectivity index (χ1) is 19.1. The molecule has 1 atom stereocenters. The molecule has 39 heavy (non-hydrogen) atoms. The van der Waals surface area contributed by atoms with Crippen LogP contribution >= 0.6 is 11.3 Å². The quantitative estimate of drug-likeness (QED) is 0.284. The molecular formula is C31H31N3O4S. The predicted molar refractivity (Wildman–Crippen MR) is 152 cm³/mol. The molecule has 0 saturated heterocycles. The average Bonchev–Trinajstić information content (AvgIpc) is 3.55. The van der Waals surface area contributed by atoms with Gasteiger partial charge in [0.2, 0.25) is 0 Å². The summed E-state index contributed by atoms with van der Waals surface area (Å²) in [6, 6.07) is 18.5. The van der Waals surface area contributed by atoms with Crippen LogP contribution in [0.4, 0.5) is 10.5 Å². The van der Waals surface area contributed by atoms with Crippen LogP contribution in [0, 0.1) is 0 Å². The second-order valence-corrected chi connectivity index (χ2v) is 10.9. The Kier molecular flexibility index (Phi) is 6.87. The lowest BCUT2D eigenvalue weighted by atomic mass is 9.95. The lowest BCUT2D eigenvalue weighted by Gasteiger charge is -2.31. The van der Waals surface area contributed by atoms with Crippen molar-refractivity contribution in [3.05, 3.63) is 99.7 Å². The van der Waals surface area contributed by atoms with Gasteiger partial charge < -0.3 is 24.3 Å². The summed E-state index contributed by atoms with van der Waals surface area (Å²) in [7, 11) is 1.35. The summed E-state index contributed by atoms with van der Waals surface area (Å²) >= 11 is 1.87. The Morgan fingerprint density at radius 2 is 1.77 bits per heavy atom. The van der Waals surface area contributed by atoms with Crippen LogP contribution < -0.4 is 10.1 Å². The Labute approximate surface area is 232 Å². The van der Waals surface area contributed by atoms with Gasteiger partial charge >= 0.3 is 12.0 Å². The van der Waals surface area contributed by atoms with Crippen LogP contribution in [0.3, 0.4) is 0 Å². The van der Waals surface area contributed by atoms with Gasteiger partial charge in [0, 0.05) is 22.3 Å². The number of nitrogens with one attached hydrogen (secondary N) is 1. The number of nitrogens with zero attached hydrogens (tertiary/aromatic N) is 2. The molecule has 3 heterocycles. The lowest BCUT2D eigenvalue weighted by molar-refractivity contribution is 0.0600. The van der Waals surface area contributed by atoms with Crippen molar-refractivity contribution in [3.63, 3.8) is 0 Å². The molecule has 1 unspecified atom stereocenters. The van der Waals surface area contributed by atoms with Crippen molar-refractivity contribution in [2.45, 2.75) is 45.2 Å². The minimum absolute atomic E-state index is 0.198. The van der Waals surface area contributed by atoms with E-state index in [1.807, 2.05) is 47.4 Å². The smallest absolute Gasteiger partial charge is 0.337 e. The number of urea groups is 1. The lowest BCUT2D eigenvalue weighted by Crippen LogP contribution is -2.38. The molecule has 1 aliphatic carbocycles. The minimum Gasteiger partial charge on any atom is -0.494 e. The monoisotopic (exact) mass is 541 g/mol. The van der Waals surface area contributed by atoms with Gasteiger partial charge in [-0.05, 0) is 92.3 Å². The number of rotatable bonds is 5. The second-order valence-electron chi connectivity index (χ2n) is 9.83. The van der Waals surface area contributed by atoms with Crippen molar-refractivity contribution in [1.82, 2.24) is 9.47 Å². The molecule has 4 aromatic rings. The number of ether oxygens (including phenoxy) is 2. The maximum absolute atomic E-state index is 14.1. The van der Waals surface area contributed by atoms with E-state index >= 15 is 0 Å². The Morgan fingerprint density at radius 1 is 1.00 bits per heavy atom. The SMILES string of the molecule is CCOc1ccc(C2c3cccn3-c3sc4c(c3CN2C(=O)Nc2ccc(C(=O)OC)cc2)CCCC4)cc1. The number of hydrogen-bond donors (Lipinski definition) is 1. The first-order valence-corrected chi connectivity index (χ1v) is 14.2. The van der Waals surface area contributed by atoms with Gasteiger partial charge in [0.05, 0.1) is 37.6 Å². The summed E-state index contributed by atoms with van der Waals surface area (Å²) in [5, 5.41) is 4.30. The summed E-state index contributed by atoms with van der Waals surface area (Å²) in [6.07, 6.45) is 6.66. The fraction of sp³-hybridized carbons (Fsp3) is 0.290. The molecule has 8 heteroatoms. The number of anilines is 1. The Morgan fingerprint density at radius 3 is 2.51 bits per heavy atom. The minimum atomic E-state index is -0.411. The van der Waals surface area contributed by atoms with Crippen LogP contribution in [-0.2, 0) is 24.1 Å². The van der Waals surface area contributed by atoms with E-state index in [1.54, 1.807) is 24.3 Å². The highest BCUT2D eigenvalue weighted by Crippen LogP contribution is 2.44. The molecule has 0 saturated carbocycles. The van der Waals surface area contributed by atoms with Crippen molar-refractivity contribution >= 4 is 29.0 Å². The van der Waals surface area contributed by atoms with E-state index in [-0.39, 0.29) is 12.1 Å². The molecule has 2 aromatic heterocycles. The maximum atomic E-state index is 14.1. The highest BCUT2D eigenvalue weighted by molar-refractivity contribution is 7.15. The number of hydrogen-bond acceptors (Lipinski definition) is 5. The van der Waals surface area contributed by atoms with Gasteiger partial charge in [-0.3, -0.25) is 0 Å². The first kappa shape index (κ1) is 25.2. The van der Waals surface area contributed by atoms with E-state index in [0.29, 0.717) is 24.4 Å². The van der Waals surface area contributed by atoms with Gasteiger partial charge in [-0.25, -0.2) is 9.59 Å². The van der Waals surface area contributed by atoms with Crippen LogP contribution in [0.15, 0.2) is 66.9 Å². The van der Waals surface area contributed by atoms with E-state index < -0.39 is 5.97 Å². The topological polar surface area (TPSA) is 72.8 Å². The van der Waals surface area contributed by atoms with Crippen LogP contribution in [0.5, 0.6) is 5.75 Å². The molecule has 1 aliphatic heterocycles. The van der Waals surface area contributed by atoms with Crippen molar-refractivity contribution < 1.29 is 19.1 Å². The van der Waals surface area contributed by atoms with E-state index in [0.717, 1.165) is 29.8 Å². The van der Waals surface area contributed by atoms with Crippen molar-refractivity contribution in [2.24, 2.45) is 0 Å². The zero-order valence-corrected chi connectivity index (χ0v) is 22.9. The average molecular weight is 542 g/mol. The van der Waals surface area contributed by atoms with E-state index in [9.17, 15) is 9.59 Å². The Balaban J connectivity index is 1.42. The summed E-state index contributed by atoms with van der Waals surface area (Å²) in [6.45, 7) is 3.07. The summed E-state index contributed by atoms with van der Waals surface area (Å²) in [5.74, 6) is 0.395. The number of fused-ring (bicyclic) bond motifs is 5. The number of benzene rings is 2. The van der Waals surface area contributed by atoms with Crippen molar-refractivity contribution in [3.8, 4) is 10.8 Å². The third kappa shape index (κ3) is 4.69. The van der Waals surface area contributed by atoms with Gasteiger partial charge in [0.25, 0.3) is 0 Å². The van der Waals surface area contributed by atoms with Crippen LogP contribution in [-0.4, -0.2) is 35.2 Å². The van der Waals surface area contributed by atoms with Gasteiger partial charge in [-0.15, -0.1) is 11.3 Å². The van der Waals surface area contributed by atoms with Gasteiger partial charge in [-0.1, -0.05) is 12.1 Å². The van der Waals surface area contributed by atoms with E-state index in [1.165, 1.54) is 41.0 Å². The summed E-state index contributed by atoms with van der Waals surface area (Å²) in [5.41, 5.74) is 5.77. The standard InChI is InChI=1S/C31H31N3O4S/c1-3-38-23-16-12-20(13-17-23)28-26-8-6-18-33(26)29-25(24-7-4-5-9-27(24)39-29)19-34(28)31(36)32-22-14-10-21(11-15-22)30(35)37-2/h6,8,10-18,28H,3-5,7,9,19H2,1-2H3,(H,32,36). The van der Waals surface area contributed by atoms with Crippen molar-refractivity contribution in [1.29, 1.82) is 0 Å². The van der Waals surface area contributed by atoms with Gasteiger partial charge in [0.15, 0.2) is 0 Å². The fourth-order valence-electron chi connectivity index (χ4n) is 5.65. The molecule has 2 aliphatic rings. The number of thiophene rings is 1. The van der Waals surface area contributed by atoms with Gasteiger partial charge in [0.1, 0.15) is 10.8 Å². The number of amides is 2. The molecule has 2 aromatic carbocycles. The predicted octanol–water partition coefficient (Wildman–Crippen LogP) is 6.74. The fourth-order valence-corrected chi connectivity index (χ4v) is 7.06. The number of aryl methyl sites for hydroxylation is 1. The van der Waals surface area contributed by atoms with E-state index in [2.05, 4.69) is 28.2 Å². The number of carbonyl (C=O) groups is 2. The van der Waals surface area contributed by atoms with Crippen LogP contribution in [0.1, 0.15) is 63.4 Å². The third-order valence-corrected chi connectivity index (χ3v) is 8.84. The maximum Gasteiger partial charge on any atom is 0.337 e. The molecule has 0 bridgehead atoms. The molecular weight excluding hydrogens is 510 g/mol. The molecule has 6 rings (SSSR count). The first-order valence-electron chi connectivity index (χ1n) is 13.4. The van der Waals surface area contributed by atoms with Crippen LogP contribution in [0.2, 0.25) is 0 Å². The number of carbonyl (C=O) groups excluding carboxylic acids is 2. The largest absolute Gasteiger partial charge is 0.494 e. The normalized spacial score (nSPS) is 15.9. The summed E-state index contributed by atoms with van der Waals surface area (Å²) < 4.78 is 12.8. The molecule has 2 amide bonds. The van der Waals surface area contributed by atoms with Crippen molar-refractivity contribution in [2.75, 3.05) is 19.0 Å². The molecule has 7 nitrogen and oxygen atoms in total. The Hall–Kier alpha value is -4.04. The number of esters is 1. The highest BCUT2D eigenvalue weighted by atomic mass is 32.1. The van der Waals surface area contributed by atoms with Gasteiger partial charge in [-0.2, -0.15) is 0 Å². The number of aromatic nitrogens is 1. The number of methoxy groups -OCH3 is 1. The van der Waals surface area contributed by atoms with Crippen LogP contribution in [0.25, 0.3) is 5.00 Å². The second kappa shape index (κ2) is 10.6. The summed E-state index contributed by atoms with van der Waals surface area (Å²) in [4.78, 5) is 29.3. The highest BCUT2D eigenvalue weighted by Gasteiger charge is 2.36.